The number of benzene rings is 1. The number of H-pyrrole nitrogens is 1. The molecular weight excluding hydrogens is 454 g/mol. The van der Waals surface area contributed by atoms with E-state index in [1.54, 1.807) is 4.90 Å². The Bertz CT molecular complexity index is 1190. The number of Topliss-reactive ketones (excluding diaryl/α,β-unsaturated/α-hetero) is 1. The quantitative estimate of drug-likeness (QED) is 0.441. The van der Waals surface area contributed by atoms with Crippen molar-refractivity contribution in [1.82, 2.24) is 20.2 Å². The molecule has 0 bridgehead atoms. The molecule has 2 amide bonds. The SMILES string of the molecule is CN(C)c1nc2ccc(CCCCCOC(=O)NCC(=O)N3CCCC34C(=O)C4O)cc2c(=O)[nH]1. The minimum absolute atomic E-state index is 0.168. The second-order valence-corrected chi connectivity index (χ2v) is 9.28. The van der Waals surface area contributed by atoms with Crippen molar-refractivity contribution >= 4 is 34.6 Å². The Hall–Kier alpha value is -3.47. The highest BCUT2D eigenvalue weighted by atomic mass is 16.5. The van der Waals surface area contributed by atoms with E-state index in [1.807, 2.05) is 32.3 Å². The van der Waals surface area contributed by atoms with Gasteiger partial charge in [-0.2, -0.15) is 0 Å². The topological polar surface area (TPSA) is 145 Å². The van der Waals surface area contributed by atoms with Crippen molar-refractivity contribution in [3.63, 3.8) is 0 Å². The Kier molecular flexibility index (Phi) is 7.06. The molecule has 11 heteroatoms. The van der Waals surface area contributed by atoms with Gasteiger partial charge in [0, 0.05) is 20.6 Å². The Labute approximate surface area is 202 Å². The number of amides is 2. The zero-order chi connectivity index (χ0) is 25.2. The fourth-order valence-corrected chi connectivity index (χ4v) is 4.66. The third kappa shape index (κ3) is 5.00. The first-order valence-electron chi connectivity index (χ1n) is 11.9. The molecule has 1 aliphatic carbocycles. The molecule has 1 aromatic carbocycles. The molecule has 11 nitrogen and oxygen atoms in total. The van der Waals surface area contributed by atoms with E-state index in [-0.39, 0.29) is 24.5 Å². The number of anilines is 1. The number of likely N-dealkylation sites (tertiary alicyclic amines) is 1. The van der Waals surface area contributed by atoms with Crippen molar-refractivity contribution < 1.29 is 24.2 Å². The van der Waals surface area contributed by atoms with Gasteiger partial charge in [-0.25, -0.2) is 9.78 Å². The fourth-order valence-electron chi connectivity index (χ4n) is 4.66. The van der Waals surface area contributed by atoms with Crippen LogP contribution in [0.25, 0.3) is 10.9 Å². The Morgan fingerprint density at radius 1 is 1.29 bits per heavy atom. The van der Waals surface area contributed by atoms with Crippen molar-refractivity contribution in [2.75, 3.05) is 38.7 Å². The lowest BCUT2D eigenvalue weighted by Crippen LogP contribution is -2.46. The van der Waals surface area contributed by atoms with Crippen LogP contribution in [0.2, 0.25) is 0 Å². The molecule has 188 valence electrons. The number of aromatic nitrogens is 2. The van der Waals surface area contributed by atoms with Crippen molar-refractivity contribution in [3.8, 4) is 0 Å². The van der Waals surface area contributed by atoms with Crippen LogP contribution in [0.15, 0.2) is 23.0 Å². The van der Waals surface area contributed by atoms with Crippen LogP contribution < -0.4 is 15.8 Å². The third-order valence-electron chi connectivity index (χ3n) is 6.67. The summed E-state index contributed by atoms with van der Waals surface area (Å²) in [4.78, 5) is 58.7. The zero-order valence-electron chi connectivity index (χ0n) is 20.0. The maximum atomic E-state index is 12.4. The fraction of sp³-hybridized carbons (Fsp3) is 0.542. The second kappa shape index (κ2) is 10.0. The molecule has 1 saturated heterocycles. The van der Waals surface area contributed by atoms with Crippen LogP contribution in [0, 0.1) is 0 Å². The van der Waals surface area contributed by atoms with Crippen LogP contribution in [0.4, 0.5) is 10.7 Å². The lowest BCUT2D eigenvalue weighted by molar-refractivity contribution is -0.134. The Balaban J connectivity index is 1.13. The number of ketones is 1. The molecule has 2 aromatic rings. The molecule has 0 radical (unpaired) electrons. The average molecular weight is 486 g/mol. The summed E-state index contributed by atoms with van der Waals surface area (Å²) in [6.07, 6.45) is 2.47. The number of rotatable bonds is 9. The molecule has 1 saturated carbocycles. The van der Waals surface area contributed by atoms with Crippen LogP contribution in [-0.2, 0) is 20.7 Å². The number of hydrogen-bond donors (Lipinski definition) is 3. The standard InChI is InChI=1S/C24H31N5O6/c1-28(2)22-26-17-9-8-15(13-16(17)21(33)27-22)7-4-3-5-12-35-23(34)25-14-18(30)29-11-6-10-24(29)19(31)20(24)32/h8-9,13,19,31H,3-7,10-12,14H2,1-2H3,(H,25,34)(H,26,27,33). The van der Waals surface area contributed by atoms with Crippen LogP contribution in [0.1, 0.15) is 37.7 Å². The van der Waals surface area contributed by atoms with Gasteiger partial charge in [0.05, 0.1) is 17.5 Å². The number of aromatic amines is 1. The molecular formula is C24H31N5O6. The predicted octanol–water partition coefficient (Wildman–Crippen LogP) is 0.733. The number of fused-ring (bicyclic) bond motifs is 1. The number of ether oxygens (including phenoxy) is 1. The largest absolute Gasteiger partial charge is 0.450 e. The lowest BCUT2D eigenvalue weighted by atomic mass is 10.1. The number of carbonyl (C=O) groups excluding carboxylic acids is 3. The van der Waals surface area contributed by atoms with Crippen LogP contribution in [0.5, 0.6) is 0 Å². The second-order valence-electron chi connectivity index (χ2n) is 9.28. The van der Waals surface area contributed by atoms with E-state index in [2.05, 4.69) is 15.3 Å². The van der Waals surface area contributed by atoms with Gasteiger partial charge < -0.3 is 25.0 Å². The molecule has 1 aliphatic heterocycles. The number of carbonyl (C=O) groups is 3. The number of hydrogen-bond acceptors (Lipinski definition) is 8. The summed E-state index contributed by atoms with van der Waals surface area (Å²) in [5.41, 5.74) is 0.461. The molecule has 2 unspecified atom stereocenters. The molecule has 4 rings (SSSR count). The van der Waals surface area contributed by atoms with Gasteiger partial charge in [-0.1, -0.05) is 6.07 Å². The van der Waals surface area contributed by atoms with Gasteiger partial charge in [-0.15, -0.1) is 0 Å². The van der Waals surface area contributed by atoms with E-state index in [1.165, 1.54) is 4.90 Å². The van der Waals surface area contributed by atoms with Gasteiger partial charge >= 0.3 is 6.09 Å². The first-order chi connectivity index (χ1) is 16.7. The molecule has 2 fully saturated rings. The van der Waals surface area contributed by atoms with Crippen molar-refractivity contribution in [1.29, 1.82) is 0 Å². The van der Waals surface area contributed by atoms with Gasteiger partial charge in [-0.05, 0) is 56.2 Å². The summed E-state index contributed by atoms with van der Waals surface area (Å²) in [6, 6.07) is 5.68. The number of aliphatic hydroxyl groups is 1. The normalized spacial score (nSPS) is 20.9. The number of nitrogens with one attached hydrogen (secondary N) is 2. The summed E-state index contributed by atoms with van der Waals surface area (Å²) in [5, 5.41) is 12.7. The van der Waals surface area contributed by atoms with Crippen molar-refractivity contribution in [2.45, 2.75) is 50.2 Å². The van der Waals surface area contributed by atoms with Gasteiger partial charge in [0.2, 0.25) is 11.9 Å². The van der Waals surface area contributed by atoms with E-state index >= 15 is 0 Å². The average Bonchev–Trinajstić information content (AvgIpc) is 3.16. The number of unbranched alkanes of at least 4 members (excludes halogenated alkanes) is 2. The molecule has 2 aliphatic rings. The van der Waals surface area contributed by atoms with E-state index in [0.29, 0.717) is 42.7 Å². The van der Waals surface area contributed by atoms with E-state index in [9.17, 15) is 24.3 Å². The highest BCUT2D eigenvalue weighted by Crippen LogP contribution is 2.46. The summed E-state index contributed by atoms with van der Waals surface area (Å²) in [5.74, 6) is -0.205. The predicted molar refractivity (Wildman–Crippen MR) is 128 cm³/mol. The van der Waals surface area contributed by atoms with Gasteiger partial charge in [-0.3, -0.25) is 19.4 Å². The van der Waals surface area contributed by atoms with Gasteiger partial charge in [0.25, 0.3) is 5.56 Å². The summed E-state index contributed by atoms with van der Waals surface area (Å²) in [6.45, 7) is 0.351. The molecule has 3 N–H and O–H groups in total. The monoisotopic (exact) mass is 485 g/mol. The minimum atomic E-state index is -1.11. The maximum Gasteiger partial charge on any atom is 0.407 e. The first-order valence-corrected chi connectivity index (χ1v) is 11.9. The van der Waals surface area contributed by atoms with Crippen LogP contribution in [0.3, 0.4) is 0 Å². The van der Waals surface area contributed by atoms with Gasteiger partial charge in [0.15, 0.2) is 5.78 Å². The zero-order valence-corrected chi connectivity index (χ0v) is 20.0. The third-order valence-corrected chi connectivity index (χ3v) is 6.67. The van der Waals surface area contributed by atoms with Crippen LogP contribution >= 0.6 is 0 Å². The minimum Gasteiger partial charge on any atom is -0.450 e. The number of alkyl carbamates (subject to hydrolysis) is 1. The van der Waals surface area contributed by atoms with Crippen molar-refractivity contribution in [2.24, 2.45) is 0 Å². The van der Waals surface area contributed by atoms with E-state index in [0.717, 1.165) is 24.8 Å². The molecule has 1 spiro atoms. The first kappa shape index (κ1) is 24.6. The highest BCUT2D eigenvalue weighted by molar-refractivity contribution is 6.13. The summed E-state index contributed by atoms with van der Waals surface area (Å²) >= 11 is 0. The van der Waals surface area contributed by atoms with Gasteiger partial charge in [0.1, 0.15) is 18.2 Å². The molecule has 1 aromatic heterocycles. The summed E-state index contributed by atoms with van der Waals surface area (Å²) in [7, 11) is 3.64. The lowest BCUT2D eigenvalue weighted by Gasteiger charge is -2.22. The Morgan fingerprint density at radius 3 is 2.77 bits per heavy atom. The number of aliphatic hydroxyl groups excluding tert-OH is 1. The van der Waals surface area contributed by atoms with E-state index < -0.39 is 23.6 Å². The molecule has 35 heavy (non-hydrogen) atoms. The highest BCUT2D eigenvalue weighted by Gasteiger charge is 2.70. The molecule has 2 atom stereocenters. The Morgan fingerprint density at radius 2 is 2.06 bits per heavy atom. The number of nitrogens with zero attached hydrogens (tertiary/aromatic N) is 3. The summed E-state index contributed by atoms with van der Waals surface area (Å²) < 4.78 is 5.13. The van der Waals surface area contributed by atoms with Crippen LogP contribution in [-0.4, -0.2) is 83.2 Å². The number of aryl methyl sites for hydroxylation is 1. The smallest absolute Gasteiger partial charge is 0.407 e. The maximum absolute atomic E-state index is 12.4. The van der Waals surface area contributed by atoms with Crippen molar-refractivity contribution in [3.05, 3.63) is 34.1 Å². The molecule has 2 heterocycles. The van der Waals surface area contributed by atoms with E-state index in [4.69, 9.17) is 4.74 Å².